The monoisotopic (exact) mass is 680 g/mol. The van der Waals surface area contributed by atoms with E-state index in [0.717, 1.165) is 24.3 Å². The second kappa shape index (κ2) is 42.5. The van der Waals surface area contributed by atoms with Crippen LogP contribution in [0, 0.1) is 5.41 Å². The minimum Gasteiger partial charge on any atom is -0.478 e. The summed E-state index contributed by atoms with van der Waals surface area (Å²) in [6.45, 7) is 27.0. The summed E-state index contributed by atoms with van der Waals surface area (Å²) in [5.41, 5.74) is -0.139. The second-order valence-corrected chi connectivity index (χ2v) is 7.75. The zero-order valence-electron chi connectivity index (χ0n) is 26.9. The normalized spacial score (nSPS) is 7.89. The Labute approximate surface area is 273 Å². The molecule has 0 aliphatic heterocycles. The van der Waals surface area contributed by atoms with E-state index < -0.39 is 47.2 Å². The SMILES string of the molecule is C=C(C)C(=O)O.C=C(C)C(=O)O.C=C(C)C(=O)O.C=CC(=O)O.C=CC(=O)O.C=CC(=O)O.C=CC(=O)O.CCC(CO)(CO)CO. The van der Waals surface area contributed by atoms with Crippen molar-refractivity contribution in [3.63, 3.8) is 0 Å². The van der Waals surface area contributed by atoms with Crippen LogP contribution in [-0.4, -0.2) is 113 Å². The van der Waals surface area contributed by atoms with Gasteiger partial charge in [-0.1, -0.05) is 53.0 Å². The van der Waals surface area contributed by atoms with Gasteiger partial charge in [-0.2, -0.15) is 0 Å². The summed E-state index contributed by atoms with van der Waals surface area (Å²) in [4.78, 5) is 65.8. The molecule has 0 rings (SSSR count). The summed E-state index contributed by atoms with van der Waals surface area (Å²) in [5, 5.41) is 80.1. The molecule has 47 heavy (non-hydrogen) atoms. The van der Waals surface area contributed by atoms with Crippen molar-refractivity contribution in [1.82, 2.24) is 0 Å². The largest absolute Gasteiger partial charge is 0.478 e. The van der Waals surface area contributed by atoms with Gasteiger partial charge in [0.25, 0.3) is 0 Å². The van der Waals surface area contributed by atoms with Crippen LogP contribution in [0.4, 0.5) is 0 Å². The summed E-state index contributed by atoms with van der Waals surface area (Å²) in [5.74, 6) is -6.73. The van der Waals surface area contributed by atoms with Gasteiger partial charge >= 0.3 is 41.8 Å². The lowest BCUT2D eigenvalue weighted by Crippen LogP contribution is -2.32. The molecule has 0 aliphatic carbocycles. The van der Waals surface area contributed by atoms with Crippen LogP contribution in [0.25, 0.3) is 0 Å². The van der Waals surface area contributed by atoms with E-state index in [9.17, 15) is 33.6 Å². The zero-order valence-corrected chi connectivity index (χ0v) is 26.9. The number of rotatable bonds is 11. The number of hydrogen-bond donors (Lipinski definition) is 10. The highest BCUT2D eigenvalue weighted by molar-refractivity contribution is 5.85. The van der Waals surface area contributed by atoms with E-state index in [1.165, 1.54) is 20.8 Å². The van der Waals surface area contributed by atoms with E-state index in [0.29, 0.717) is 6.42 Å². The third-order valence-corrected chi connectivity index (χ3v) is 3.55. The molecule has 0 saturated heterocycles. The van der Waals surface area contributed by atoms with Crippen molar-refractivity contribution in [2.24, 2.45) is 5.41 Å². The van der Waals surface area contributed by atoms with Crippen LogP contribution >= 0.6 is 0 Å². The van der Waals surface area contributed by atoms with Gasteiger partial charge in [0.05, 0.1) is 19.8 Å². The predicted octanol–water partition coefficient (Wildman–Crippen LogP) is 2.33. The van der Waals surface area contributed by atoms with Gasteiger partial charge in [-0.15, -0.1) is 0 Å². The topological polar surface area (TPSA) is 322 Å². The Morgan fingerprint density at radius 3 is 0.574 bits per heavy atom. The van der Waals surface area contributed by atoms with E-state index >= 15 is 0 Å². The van der Waals surface area contributed by atoms with Crippen LogP contribution in [-0.2, 0) is 33.6 Å². The summed E-state index contributed by atoms with van der Waals surface area (Å²) < 4.78 is 0. The highest BCUT2D eigenvalue weighted by Crippen LogP contribution is 2.18. The Bertz CT molecular complexity index is 850. The quantitative estimate of drug-likeness (QED) is 0.140. The fourth-order valence-corrected chi connectivity index (χ4v) is 0.485. The molecule has 0 saturated carbocycles. The van der Waals surface area contributed by atoms with Gasteiger partial charge in [-0.25, -0.2) is 33.6 Å². The summed E-state index contributed by atoms with van der Waals surface area (Å²) in [6.07, 6.45) is 3.93. The Morgan fingerprint density at radius 1 is 0.468 bits per heavy atom. The zero-order chi connectivity index (χ0) is 39.9. The molecule has 10 N–H and O–H groups in total. The molecule has 0 heterocycles. The maximum atomic E-state index is 9.60. The number of aliphatic hydroxyl groups is 3. The standard InChI is InChI=1S/C6H14O3.3C4H6O2.4C3H4O2/c1-2-6(3-7,4-8)5-9;3*1-3(2)4(5)6;4*1-2-3(4)5/h7-9H,2-5H2,1H3;3*1H2,2H3,(H,5,6);4*2H,1H2,(H,4,5). The molecule has 0 radical (unpaired) electrons. The maximum Gasteiger partial charge on any atom is 0.330 e. The van der Waals surface area contributed by atoms with Gasteiger partial charge in [-0.05, 0) is 27.2 Å². The van der Waals surface area contributed by atoms with Crippen LogP contribution in [0.3, 0.4) is 0 Å². The molecule has 17 heteroatoms. The van der Waals surface area contributed by atoms with Gasteiger partial charge in [-0.3, -0.25) is 0 Å². The summed E-state index contributed by atoms with van der Waals surface area (Å²) in [6, 6.07) is 0. The molecule has 0 aliphatic rings. The minimum absolute atomic E-state index is 0.156. The second-order valence-electron chi connectivity index (χ2n) is 7.75. The molecule has 0 aromatic rings. The van der Waals surface area contributed by atoms with Gasteiger partial charge in [0.2, 0.25) is 0 Å². The molecule has 0 atom stereocenters. The first kappa shape index (κ1) is 60.5. The summed E-state index contributed by atoms with van der Waals surface area (Å²) >= 11 is 0. The number of hydrogen-bond acceptors (Lipinski definition) is 10. The van der Waals surface area contributed by atoms with Gasteiger partial charge in [0.15, 0.2) is 0 Å². The molecule has 0 aromatic carbocycles. The smallest absolute Gasteiger partial charge is 0.330 e. The van der Waals surface area contributed by atoms with Gasteiger partial charge in [0.1, 0.15) is 0 Å². The van der Waals surface area contributed by atoms with E-state index in [2.05, 4.69) is 46.1 Å². The van der Waals surface area contributed by atoms with Gasteiger partial charge in [0, 0.05) is 46.4 Å². The van der Waals surface area contributed by atoms with E-state index in [4.69, 9.17) is 51.1 Å². The van der Waals surface area contributed by atoms with Gasteiger partial charge < -0.3 is 51.1 Å². The highest BCUT2D eigenvalue weighted by Gasteiger charge is 2.24. The van der Waals surface area contributed by atoms with Crippen LogP contribution in [0.1, 0.15) is 34.1 Å². The molecule has 0 bridgehead atoms. The highest BCUT2D eigenvalue weighted by atomic mass is 16.4. The number of carboxylic acid groups (broad SMARTS) is 7. The lowest BCUT2D eigenvalue weighted by Gasteiger charge is -2.24. The fourth-order valence-electron chi connectivity index (χ4n) is 0.485. The fraction of sp³-hybridized carbons (Fsp3) is 0.300. The molecular formula is C30H48O17. The third kappa shape index (κ3) is 85.5. The minimum atomic E-state index is -0.981. The number of carboxylic acids is 7. The van der Waals surface area contributed by atoms with Crippen LogP contribution in [0.15, 0.2) is 87.1 Å². The molecule has 0 amide bonds. The lowest BCUT2D eigenvalue weighted by molar-refractivity contribution is -0.133. The molecule has 270 valence electrons. The van der Waals surface area contributed by atoms with Crippen LogP contribution in [0.2, 0.25) is 0 Å². The Morgan fingerprint density at radius 2 is 0.574 bits per heavy atom. The Hall–Kier alpha value is -5.65. The third-order valence-electron chi connectivity index (χ3n) is 3.55. The first-order valence-corrected chi connectivity index (χ1v) is 12.2. The first-order valence-electron chi connectivity index (χ1n) is 12.2. The van der Waals surface area contributed by atoms with Crippen LogP contribution in [0.5, 0.6) is 0 Å². The molecular weight excluding hydrogens is 632 g/mol. The van der Waals surface area contributed by atoms with Crippen molar-refractivity contribution in [3.8, 4) is 0 Å². The van der Waals surface area contributed by atoms with Crippen molar-refractivity contribution in [2.45, 2.75) is 34.1 Å². The molecule has 0 aromatic heterocycles. The Kier molecular flexibility index (Phi) is 54.7. The molecule has 0 fully saturated rings. The van der Waals surface area contributed by atoms with E-state index in [1.54, 1.807) is 0 Å². The van der Waals surface area contributed by atoms with Crippen molar-refractivity contribution >= 4 is 41.8 Å². The lowest BCUT2D eigenvalue weighted by atomic mass is 9.88. The van der Waals surface area contributed by atoms with Crippen molar-refractivity contribution in [1.29, 1.82) is 0 Å². The molecule has 0 spiro atoms. The maximum absolute atomic E-state index is 9.60. The van der Waals surface area contributed by atoms with Crippen molar-refractivity contribution in [2.75, 3.05) is 19.8 Å². The number of carbonyl (C=O) groups is 7. The average molecular weight is 681 g/mol. The number of aliphatic carboxylic acids is 7. The molecule has 0 unspecified atom stereocenters. The molecule has 17 nitrogen and oxygen atoms in total. The Balaban J connectivity index is -0.0000000622. The average Bonchev–Trinajstić information content (AvgIpc) is 3.00. The van der Waals surface area contributed by atoms with Crippen molar-refractivity contribution in [3.05, 3.63) is 87.1 Å². The first-order chi connectivity index (χ1) is 21.3. The van der Waals surface area contributed by atoms with Crippen LogP contribution < -0.4 is 0 Å². The number of aliphatic hydroxyl groups excluding tert-OH is 3. The predicted molar refractivity (Wildman–Crippen MR) is 173 cm³/mol. The van der Waals surface area contributed by atoms with Crippen molar-refractivity contribution < 1.29 is 84.6 Å². The summed E-state index contributed by atoms with van der Waals surface area (Å²) in [7, 11) is 0. The van der Waals surface area contributed by atoms with E-state index in [-0.39, 0.29) is 36.5 Å². The van der Waals surface area contributed by atoms with E-state index in [1.807, 2.05) is 6.92 Å².